The van der Waals surface area contributed by atoms with Gasteiger partial charge in [-0.2, -0.15) is 0 Å². The van der Waals surface area contributed by atoms with Crippen LogP contribution in [0.1, 0.15) is 42.8 Å². The second-order valence-corrected chi connectivity index (χ2v) is 5.61. The monoisotopic (exact) mass is 288 g/mol. The van der Waals surface area contributed by atoms with Crippen molar-refractivity contribution in [3.63, 3.8) is 0 Å². The third-order valence-corrected chi connectivity index (χ3v) is 3.63. The summed E-state index contributed by atoms with van der Waals surface area (Å²) in [6.45, 7) is 8.96. The number of oxazole rings is 1. The molecule has 0 fully saturated rings. The molecule has 4 nitrogen and oxygen atoms in total. The minimum atomic E-state index is 0.271. The zero-order valence-electron chi connectivity index (χ0n) is 13.4. The van der Waals surface area contributed by atoms with Gasteiger partial charge in [-0.15, -0.1) is 0 Å². The predicted molar refractivity (Wildman–Crippen MR) is 83.4 cm³/mol. The lowest BCUT2D eigenvalue weighted by molar-refractivity contribution is 0.402. The van der Waals surface area contributed by atoms with Gasteiger partial charge in [0.05, 0.1) is 12.8 Å². The van der Waals surface area contributed by atoms with Gasteiger partial charge in [0.15, 0.2) is 5.89 Å². The van der Waals surface area contributed by atoms with E-state index < -0.39 is 0 Å². The molecule has 114 valence electrons. The zero-order valence-corrected chi connectivity index (χ0v) is 13.4. The highest BCUT2D eigenvalue weighted by Crippen LogP contribution is 2.24. The topological polar surface area (TPSA) is 47.3 Å². The molecule has 0 amide bonds. The molecule has 21 heavy (non-hydrogen) atoms. The SMILES string of the molecule is COc1ccc([C@H](NCc2nc(C)oc2C)C(C)C)cc1. The molecular weight excluding hydrogens is 264 g/mol. The highest BCUT2D eigenvalue weighted by Gasteiger charge is 2.17. The quantitative estimate of drug-likeness (QED) is 0.878. The van der Waals surface area contributed by atoms with Crippen molar-refractivity contribution in [3.8, 4) is 5.75 Å². The molecule has 0 bridgehead atoms. The van der Waals surface area contributed by atoms with Crippen LogP contribution < -0.4 is 10.1 Å². The Kier molecular flexibility index (Phi) is 5.02. The highest BCUT2D eigenvalue weighted by atomic mass is 16.5. The molecule has 0 unspecified atom stereocenters. The summed E-state index contributed by atoms with van der Waals surface area (Å²) >= 11 is 0. The van der Waals surface area contributed by atoms with E-state index >= 15 is 0 Å². The standard InChI is InChI=1S/C17H24N2O2/c1-11(2)17(14-6-8-15(20-5)9-7-14)18-10-16-12(3)21-13(4)19-16/h6-9,11,17-18H,10H2,1-5H3/t17-/m1/s1. The number of rotatable bonds is 6. The minimum absolute atomic E-state index is 0.271. The van der Waals surface area contributed by atoms with E-state index in [2.05, 4.69) is 36.3 Å². The van der Waals surface area contributed by atoms with Gasteiger partial charge in [0.1, 0.15) is 11.5 Å². The van der Waals surface area contributed by atoms with Crippen LogP contribution in [0.3, 0.4) is 0 Å². The lowest BCUT2D eigenvalue weighted by Crippen LogP contribution is -2.25. The van der Waals surface area contributed by atoms with Crippen molar-refractivity contribution in [1.29, 1.82) is 0 Å². The van der Waals surface area contributed by atoms with Crippen LogP contribution in [0.2, 0.25) is 0 Å². The summed E-state index contributed by atoms with van der Waals surface area (Å²) in [6, 6.07) is 8.48. The van der Waals surface area contributed by atoms with Gasteiger partial charge in [-0.05, 0) is 30.5 Å². The number of aromatic nitrogens is 1. The van der Waals surface area contributed by atoms with Crippen LogP contribution in [0.5, 0.6) is 5.75 Å². The summed E-state index contributed by atoms with van der Waals surface area (Å²) in [4.78, 5) is 4.41. The Morgan fingerprint density at radius 2 is 1.86 bits per heavy atom. The maximum atomic E-state index is 5.48. The van der Waals surface area contributed by atoms with Crippen LogP contribution in [-0.2, 0) is 6.54 Å². The fraction of sp³-hybridized carbons (Fsp3) is 0.471. The molecule has 2 rings (SSSR count). The van der Waals surface area contributed by atoms with Crippen molar-refractivity contribution in [2.45, 2.75) is 40.3 Å². The molecule has 0 saturated carbocycles. The van der Waals surface area contributed by atoms with Crippen molar-refractivity contribution in [1.82, 2.24) is 10.3 Å². The normalized spacial score (nSPS) is 12.7. The van der Waals surface area contributed by atoms with Crippen molar-refractivity contribution in [2.24, 2.45) is 5.92 Å². The Hall–Kier alpha value is -1.81. The van der Waals surface area contributed by atoms with Crippen LogP contribution in [0.4, 0.5) is 0 Å². The number of methoxy groups -OCH3 is 1. The highest BCUT2D eigenvalue weighted by molar-refractivity contribution is 5.29. The molecule has 0 spiro atoms. The van der Waals surface area contributed by atoms with Crippen LogP contribution in [0.25, 0.3) is 0 Å². The summed E-state index contributed by atoms with van der Waals surface area (Å²) in [5, 5.41) is 3.58. The van der Waals surface area contributed by atoms with E-state index in [-0.39, 0.29) is 6.04 Å². The lowest BCUT2D eigenvalue weighted by atomic mass is 9.96. The first-order valence-electron chi connectivity index (χ1n) is 7.31. The zero-order chi connectivity index (χ0) is 15.4. The average molecular weight is 288 g/mol. The average Bonchev–Trinajstić information content (AvgIpc) is 2.77. The van der Waals surface area contributed by atoms with Gasteiger partial charge < -0.3 is 14.5 Å². The van der Waals surface area contributed by atoms with Crippen LogP contribution in [-0.4, -0.2) is 12.1 Å². The predicted octanol–water partition coefficient (Wildman–Crippen LogP) is 3.79. The summed E-state index contributed by atoms with van der Waals surface area (Å²) in [5.74, 6) is 2.96. The van der Waals surface area contributed by atoms with E-state index in [0.29, 0.717) is 12.5 Å². The Labute approximate surface area is 126 Å². The second kappa shape index (κ2) is 6.76. The maximum absolute atomic E-state index is 5.48. The van der Waals surface area contributed by atoms with Crippen LogP contribution >= 0.6 is 0 Å². The largest absolute Gasteiger partial charge is 0.497 e. The fourth-order valence-corrected chi connectivity index (χ4v) is 2.49. The number of aryl methyl sites for hydroxylation is 2. The smallest absolute Gasteiger partial charge is 0.191 e. The Bertz CT molecular complexity index is 573. The Morgan fingerprint density at radius 1 is 1.19 bits per heavy atom. The molecule has 0 aliphatic heterocycles. The molecule has 0 saturated heterocycles. The van der Waals surface area contributed by atoms with E-state index in [1.807, 2.05) is 26.0 Å². The van der Waals surface area contributed by atoms with Crippen LogP contribution in [0, 0.1) is 19.8 Å². The van der Waals surface area contributed by atoms with Gasteiger partial charge in [0, 0.05) is 19.5 Å². The van der Waals surface area contributed by atoms with E-state index in [0.717, 1.165) is 23.1 Å². The Morgan fingerprint density at radius 3 is 2.33 bits per heavy atom. The number of benzene rings is 1. The molecule has 1 atom stereocenters. The fourth-order valence-electron chi connectivity index (χ4n) is 2.49. The second-order valence-electron chi connectivity index (χ2n) is 5.61. The van der Waals surface area contributed by atoms with Crippen molar-refractivity contribution in [3.05, 3.63) is 47.2 Å². The third kappa shape index (κ3) is 3.85. The van der Waals surface area contributed by atoms with E-state index in [1.165, 1.54) is 5.56 Å². The molecule has 1 aromatic carbocycles. The Balaban J connectivity index is 2.10. The molecule has 0 radical (unpaired) electrons. The first-order valence-corrected chi connectivity index (χ1v) is 7.31. The number of ether oxygens (including phenoxy) is 1. The number of hydrogen-bond acceptors (Lipinski definition) is 4. The summed E-state index contributed by atoms with van der Waals surface area (Å²) < 4.78 is 10.7. The molecule has 0 aliphatic carbocycles. The minimum Gasteiger partial charge on any atom is -0.497 e. The first-order chi connectivity index (χ1) is 10.0. The molecule has 1 heterocycles. The van der Waals surface area contributed by atoms with Crippen molar-refractivity contribution < 1.29 is 9.15 Å². The van der Waals surface area contributed by atoms with Gasteiger partial charge >= 0.3 is 0 Å². The van der Waals surface area contributed by atoms with Gasteiger partial charge in [-0.25, -0.2) is 4.98 Å². The number of hydrogen-bond donors (Lipinski definition) is 1. The van der Waals surface area contributed by atoms with Gasteiger partial charge in [-0.3, -0.25) is 0 Å². The summed E-state index contributed by atoms with van der Waals surface area (Å²) in [7, 11) is 1.68. The van der Waals surface area contributed by atoms with Crippen molar-refractivity contribution in [2.75, 3.05) is 7.11 Å². The summed E-state index contributed by atoms with van der Waals surface area (Å²) in [6.07, 6.45) is 0. The molecular formula is C17H24N2O2. The van der Waals surface area contributed by atoms with E-state index in [9.17, 15) is 0 Å². The van der Waals surface area contributed by atoms with E-state index in [4.69, 9.17) is 9.15 Å². The molecule has 0 aliphatic rings. The third-order valence-electron chi connectivity index (χ3n) is 3.63. The number of nitrogens with zero attached hydrogens (tertiary/aromatic N) is 1. The lowest BCUT2D eigenvalue weighted by Gasteiger charge is -2.23. The molecule has 4 heteroatoms. The van der Waals surface area contributed by atoms with Crippen molar-refractivity contribution >= 4 is 0 Å². The van der Waals surface area contributed by atoms with Crippen LogP contribution in [0.15, 0.2) is 28.7 Å². The number of nitrogens with one attached hydrogen (secondary N) is 1. The molecule has 1 aromatic heterocycles. The first kappa shape index (κ1) is 15.6. The summed E-state index contributed by atoms with van der Waals surface area (Å²) in [5.41, 5.74) is 2.23. The van der Waals surface area contributed by atoms with Gasteiger partial charge in [0.25, 0.3) is 0 Å². The van der Waals surface area contributed by atoms with Gasteiger partial charge in [-0.1, -0.05) is 26.0 Å². The molecule has 2 aromatic rings. The van der Waals surface area contributed by atoms with E-state index in [1.54, 1.807) is 7.11 Å². The van der Waals surface area contributed by atoms with Gasteiger partial charge in [0.2, 0.25) is 0 Å². The molecule has 1 N–H and O–H groups in total. The maximum Gasteiger partial charge on any atom is 0.191 e.